The second-order valence-corrected chi connectivity index (χ2v) is 4.68. The first-order chi connectivity index (χ1) is 10.3. The first-order valence-electron chi connectivity index (χ1n) is 6.65. The van der Waals surface area contributed by atoms with Gasteiger partial charge in [0, 0.05) is 17.8 Å². The monoisotopic (exact) mass is 281 g/mol. The molecule has 0 aliphatic rings. The van der Waals surface area contributed by atoms with Crippen molar-refractivity contribution in [3.63, 3.8) is 0 Å². The van der Waals surface area contributed by atoms with Gasteiger partial charge in [-0.05, 0) is 29.0 Å². The third-order valence-corrected chi connectivity index (χ3v) is 3.35. The molecule has 4 nitrogen and oxygen atoms in total. The first-order valence-corrected chi connectivity index (χ1v) is 6.65. The lowest BCUT2D eigenvalue weighted by Crippen LogP contribution is -2.06. The average Bonchev–Trinajstić information content (AvgIpc) is 3.00. The van der Waals surface area contributed by atoms with Crippen LogP contribution >= 0.6 is 0 Å². The highest BCUT2D eigenvalue weighted by Crippen LogP contribution is 2.20. The third-order valence-electron chi connectivity index (χ3n) is 3.35. The fraction of sp³-hybridized carbons (Fsp3) is 0.118. The van der Waals surface area contributed by atoms with E-state index in [1.807, 2.05) is 18.2 Å². The molecule has 1 aromatic heterocycles. The van der Waals surface area contributed by atoms with Gasteiger partial charge in [0.15, 0.2) is 0 Å². The summed E-state index contributed by atoms with van der Waals surface area (Å²) in [6, 6.07) is 16.1. The number of carbonyl (C=O) groups excluding carboxylic acids is 1. The highest BCUT2D eigenvalue weighted by molar-refractivity contribution is 5.88. The average molecular weight is 281 g/mol. The van der Waals surface area contributed by atoms with Crippen molar-refractivity contribution in [2.75, 3.05) is 12.4 Å². The summed E-state index contributed by atoms with van der Waals surface area (Å²) in [5.74, 6) is -0.221. The summed E-state index contributed by atoms with van der Waals surface area (Å²) in [6.45, 7) is 0.499. The summed E-state index contributed by atoms with van der Waals surface area (Å²) >= 11 is 0. The molecule has 1 N–H and O–H groups in total. The van der Waals surface area contributed by atoms with Crippen molar-refractivity contribution in [1.82, 2.24) is 0 Å². The van der Waals surface area contributed by atoms with E-state index < -0.39 is 5.97 Å². The number of nitrogens with one attached hydrogen (secondary N) is 1. The topological polar surface area (TPSA) is 51.5 Å². The van der Waals surface area contributed by atoms with Crippen LogP contribution in [0.3, 0.4) is 0 Å². The number of anilines is 1. The smallest absolute Gasteiger partial charge is 0.374 e. The Balaban J connectivity index is 1.77. The van der Waals surface area contributed by atoms with E-state index >= 15 is 0 Å². The minimum atomic E-state index is -0.463. The summed E-state index contributed by atoms with van der Waals surface area (Å²) in [7, 11) is 1.34. The van der Waals surface area contributed by atoms with Gasteiger partial charge in [0.05, 0.1) is 13.4 Å². The largest absolute Gasteiger partial charge is 0.463 e. The first kappa shape index (κ1) is 13.2. The van der Waals surface area contributed by atoms with Gasteiger partial charge in [-0.2, -0.15) is 0 Å². The van der Waals surface area contributed by atoms with Gasteiger partial charge in [0.1, 0.15) is 0 Å². The van der Waals surface area contributed by atoms with Gasteiger partial charge in [0.2, 0.25) is 5.76 Å². The van der Waals surface area contributed by atoms with Crippen molar-refractivity contribution in [1.29, 1.82) is 0 Å². The van der Waals surface area contributed by atoms with Gasteiger partial charge >= 0.3 is 5.97 Å². The summed E-state index contributed by atoms with van der Waals surface area (Å²) in [6.07, 6.45) is 1.49. The van der Waals surface area contributed by atoms with Crippen molar-refractivity contribution in [3.8, 4) is 0 Å². The number of benzene rings is 2. The standard InChI is InChI=1S/C17H15NO3/c1-20-17(19)16-14(8-9-21-16)11-18-15-7-6-12-4-2-3-5-13(12)10-15/h2-10,18H,11H2,1H3. The van der Waals surface area contributed by atoms with Crippen LogP contribution in [0.25, 0.3) is 10.8 Å². The lowest BCUT2D eigenvalue weighted by Gasteiger charge is -2.07. The zero-order chi connectivity index (χ0) is 14.7. The van der Waals surface area contributed by atoms with Crippen LogP contribution in [0.2, 0.25) is 0 Å². The van der Waals surface area contributed by atoms with Crippen LogP contribution < -0.4 is 5.32 Å². The number of furan rings is 1. The summed E-state index contributed by atoms with van der Waals surface area (Å²) < 4.78 is 9.85. The zero-order valence-electron chi connectivity index (χ0n) is 11.6. The quantitative estimate of drug-likeness (QED) is 0.738. The van der Waals surface area contributed by atoms with E-state index in [1.54, 1.807) is 6.07 Å². The molecule has 2 aromatic carbocycles. The maximum atomic E-state index is 11.5. The Morgan fingerprint density at radius 1 is 1.14 bits per heavy atom. The van der Waals surface area contributed by atoms with E-state index in [2.05, 4.69) is 34.3 Å². The molecule has 21 heavy (non-hydrogen) atoms. The normalized spacial score (nSPS) is 10.5. The number of rotatable bonds is 4. The highest BCUT2D eigenvalue weighted by Gasteiger charge is 2.15. The van der Waals surface area contributed by atoms with Crippen LogP contribution in [0.1, 0.15) is 16.1 Å². The van der Waals surface area contributed by atoms with E-state index in [1.165, 1.54) is 24.1 Å². The fourth-order valence-corrected chi connectivity index (χ4v) is 2.24. The molecule has 1 heterocycles. The second-order valence-electron chi connectivity index (χ2n) is 4.68. The molecule has 0 aliphatic heterocycles. The molecule has 0 amide bonds. The molecule has 0 atom stereocenters. The van der Waals surface area contributed by atoms with Crippen LogP contribution in [0.4, 0.5) is 5.69 Å². The maximum absolute atomic E-state index is 11.5. The molecule has 106 valence electrons. The summed E-state index contributed by atoms with van der Waals surface area (Å²) in [5.41, 5.74) is 1.76. The van der Waals surface area contributed by atoms with E-state index in [-0.39, 0.29) is 5.76 Å². The lowest BCUT2D eigenvalue weighted by atomic mass is 10.1. The number of ether oxygens (including phenoxy) is 1. The van der Waals surface area contributed by atoms with Crippen LogP contribution in [-0.2, 0) is 11.3 Å². The van der Waals surface area contributed by atoms with Crippen molar-refractivity contribution >= 4 is 22.4 Å². The minimum absolute atomic E-state index is 0.241. The molecule has 0 unspecified atom stereocenters. The van der Waals surface area contributed by atoms with Crippen molar-refractivity contribution in [2.45, 2.75) is 6.54 Å². The lowest BCUT2D eigenvalue weighted by molar-refractivity contribution is 0.0563. The number of methoxy groups -OCH3 is 1. The van der Waals surface area contributed by atoms with Crippen molar-refractivity contribution < 1.29 is 13.9 Å². The highest BCUT2D eigenvalue weighted by atomic mass is 16.5. The van der Waals surface area contributed by atoms with Crippen LogP contribution in [0.15, 0.2) is 59.2 Å². The molecule has 0 radical (unpaired) electrons. The zero-order valence-corrected chi connectivity index (χ0v) is 11.6. The molecular weight excluding hydrogens is 266 g/mol. The van der Waals surface area contributed by atoms with E-state index in [0.717, 1.165) is 11.3 Å². The van der Waals surface area contributed by atoms with Gasteiger partial charge in [-0.25, -0.2) is 4.79 Å². The molecule has 0 spiro atoms. The van der Waals surface area contributed by atoms with Gasteiger partial charge < -0.3 is 14.5 Å². The molecule has 3 aromatic rings. The van der Waals surface area contributed by atoms with Gasteiger partial charge in [-0.1, -0.05) is 30.3 Å². The second kappa shape index (κ2) is 5.71. The number of esters is 1. The number of hydrogen-bond acceptors (Lipinski definition) is 4. The van der Waals surface area contributed by atoms with Crippen LogP contribution in [-0.4, -0.2) is 13.1 Å². The molecule has 3 rings (SSSR count). The summed E-state index contributed by atoms with van der Waals surface area (Å²) in [4.78, 5) is 11.5. The Kier molecular flexibility index (Phi) is 3.60. The molecule has 0 bridgehead atoms. The van der Waals surface area contributed by atoms with E-state index in [9.17, 15) is 4.79 Å². The Bertz CT molecular complexity index is 776. The maximum Gasteiger partial charge on any atom is 0.374 e. The van der Waals surface area contributed by atoms with Gasteiger partial charge in [0.25, 0.3) is 0 Å². The number of hydrogen-bond donors (Lipinski definition) is 1. The molecule has 0 saturated heterocycles. The molecular formula is C17H15NO3. The predicted octanol–water partition coefficient (Wildman–Crippen LogP) is 3.83. The van der Waals surface area contributed by atoms with Crippen LogP contribution in [0, 0.1) is 0 Å². The summed E-state index contributed by atoms with van der Waals surface area (Å²) in [5, 5.41) is 5.66. The molecule has 0 fully saturated rings. The number of fused-ring (bicyclic) bond motifs is 1. The number of carbonyl (C=O) groups is 1. The SMILES string of the molecule is COC(=O)c1occc1CNc1ccc2ccccc2c1. The Morgan fingerprint density at radius 3 is 2.76 bits per heavy atom. The fourth-order valence-electron chi connectivity index (χ4n) is 2.24. The van der Waals surface area contributed by atoms with Gasteiger partial charge in [-0.15, -0.1) is 0 Å². The Hall–Kier alpha value is -2.75. The molecule has 4 heteroatoms. The van der Waals surface area contributed by atoms with Crippen molar-refractivity contribution in [3.05, 3.63) is 66.1 Å². The van der Waals surface area contributed by atoms with E-state index in [4.69, 9.17) is 4.42 Å². The van der Waals surface area contributed by atoms with E-state index in [0.29, 0.717) is 6.54 Å². The molecule has 0 saturated carbocycles. The van der Waals surface area contributed by atoms with Gasteiger partial charge in [-0.3, -0.25) is 0 Å². The third kappa shape index (κ3) is 2.74. The Labute approximate surface area is 122 Å². The molecule has 0 aliphatic carbocycles. The minimum Gasteiger partial charge on any atom is -0.463 e. The van der Waals surface area contributed by atoms with Crippen LogP contribution in [0.5, 0.6) is 0 Å². The Morgan fingerprint density at radius 2 is 1.95 bits per heavy atom. The predicted molar refractivity (Wildman–Crippen MR) is 81.3 cm³/mol. The van der Waals surface area contributed by atoms with Crippen molar-refractivity contribution in [2.24, 2.45) is 0 Å².